The van der Waals surface area contributed by atoms with Gasteiger partial charge in [0.25, 0.3) is 5.91 Å². The molecule has 2 aromatic rings. The van der Waals surface area contributed by atoms with Gasteiger partial charge < -0.3 is 19.9 Å². The van der Waals surface area contributed by atoms with Crippen LogP contribution in [0.5, 0.6) is 5.75 Å². The van der Waals surface area contributed by atoms with Gasteiger partial charge in [0.1, 0.15) is 5.75 Å². The second-order valence-corrected chi connectivity index (χ2v) is 10.1. The van der Waals surface area contributed by atoms with Crippen molar-refractivity contribution in [3.05, 3.63) is 54.1 Å². The van der Waals surface area contributed by atoms with E-state index in [1.807, 2.05) is 49.9 Å². The number of carbonyl (C=O) groups excluding carboxylic acids is 2. The fourth-order valence-corrected chi connectivity index (χ4v) is 3.98. The largest absolute Gasteiger partial charge is 0.494 e. The van der Waals surface area contributed by atoms with Crippen LogP contribution in [-0.4, -0.2) is 54.6 Å². The highest BCUT2D eigenvalue weighted by Gasteiger charge is 2.29. The molecule has 1 aliphatic heterocycles. The van der Waals surface area contributed by atoms with Crippen LogP contribution in [0.1, 0.15) is 50.9 Å². The highest BCUT2D eigenvalue weighted by Crippen LogP contribution is 2.22. The fraction of sp³-hybridized carbons (Fsp3) is 0.444. The number of anilines is 2. The molecule has 1 heterocycles. The summed E-state index contributed by atoms with van der Waals surface area (Å²) in [7, 11) is 0. The Labute approximate surface area is 213 Å². The predicted molar refractivity (Wildman–Crippen MR) is 145 cm³/mol. The number of nitrogens with zero attached hydrogens (tertiary/aromatic N) is 2. The van der Waals surface area contributed by atoms with Crippen LogP contribution in [-0.2, 0) is 4.79 Å². The molecule has 1 aliphatic rings. The predicted octanol–water partition coefficient (Wildman–Crippen LogP) is 4.69. The van der Waals surface area contributed by atoms with E-state index in [0.717, 1.165) is 56.1 Å². The molecular weight excluding hydrogens is 460 g/mol. The van der Waals surface area contributed by atoms with E-state index in [-0.39, 0.29) is 22.3 Å². The van der Waals surface area contributed by atoms with Crippen molar-refractivity contribution in [2.45, 2.75) is 40.5 Å². The molecule has 7 nitrogen and oxygen atoms in total. The summed E-state index contributed by atoms with van der Waals surface area (Å²) in [6, 6.07) is 14.9. The number of thiocarbonyl (C=S) groups is 1. The molecule has 0 unspecified atom stereocenters. The second-order valence-electron chi connectivity index (χ2n) is 9.71. The molecule has 0 atom stereocenters. The number of amides is 2. The van der Waals surface area contributed by atoms with Gasteiger partial charge in [-0.25, -0.2) is 0 Å². The molecule has 188 valence electrons. The first-order chi connectivity index (χ1) is 16.7. The Bertz CT molecular complexity index is 1010. The van der Waals surface area contributed by atoms with E-state index in [4.69, 9.17) is 17.0 Å². The number of unbranched alkanes of at least 4 members (excludes halogenated alkanes) is 1. The molecule has 1 saturated heterocycles. The van der Waals surface area contributed by atoms with E-state index in [0.29, 0.717) is 12.2 Å². The Kier molecular flexibility index (Phi) is 9.09. The molecule has 0 radical (unpaired) electrons. The lowest BCUT2D eigenvalue weighted by Gasteiger charge is -2.38. The van der Waals surface area contributed by atoms with Crippen LogP contribution in [0.25, 0.3) is 0 Å². The number of benzene rings is 2. The zero-order valence-corrected chi connectivity index (χ0v) is 21.9. The lowest BCUT2D eigenvalue weighted by Crippen LogP contribution is -2.51. The molecule has 0 bridgehead atoms. The van der Waals surface area contributed by atoms with Crippen molar-refractivity contribution in [1.29, 1.82) is 0 Å². The number of carbonyl (C=O) groups is 2. The summed E-state index contributed by atoms with van der Waals surface area (Å²) in [6.45, 7) is 11.7. The summed E-state index contributed by atoms with van der Waals surface area (Å²) < 4.78 is 5.63. The van der Waals surface area contributed by atoms with Gasteiger partial charge in [0.2, 0.25) is 5.91 Å². The summed E-state index contributed by atoms with van der Waals surface area (Å²) in [4.78, 5) is 29.2. The standard InChI is InChI=1S/C27H36N4O3S/c1-5-6-19-34-23-13-7-20(8-14-23)24(32)29-26(35)28-21-9-11-22(12-10-21)30-15-17-31(18-16-30)25(33)27(2,3)4/h7-14H,5-6,15-19H2,1-4H3,(H2,28,29,32,35). The van der Waals surface area contributed by atoms with Gasteiger partial charge in [-0.05, 0) is 67.2 Å². The van der Waals surface area contributed by atoms with Crippen molar-refractivity contribution >= 4 is 40.5 Å². The Morgan fingerprint density at radius 2 is 1.60 bits per heavy atom. The van der Waals surface area contributed by atoms with Crippen molar-refractivity contribution in [3.63, 3.8) is 0 Å². The Morgan fingerprint density at radius 3 is 2.17 bits per heavy atom. The molecule has 0 aliphatic carbocycles. The smallest absolute Gasteiger partial charge is 0.257 e. The maximum atomic E-state index is 12.5. The molecule has 2 amide bonds. The number of hydrogen-bond acceptors (Lipinski definition) is 5. The number of nitrogens with one attached hydrogen (secondary N) is 2. The second kappa shape index (κ2) is 12.0. The normalized spacial score (nSPS) is 13.8. The first-order valence-corrected chi connectivity index (χ1v) is 12.6. The van der Waals surface area contributed by atoms with Crippen molar-refractivity contribution in [1.82, 2.24) is 10.2 Å². The average Bonchev–Trinajstić information content (AvgIpc) is 2.84. The van der Waals surface area contributed by atoms with E-state index in [2.05, 4.69) is 22.5 Å². The molecule has 3 rings (SSSR count). The molecule has 2 aromatic carbocycles. The number of rotatable bonds is 7. The van der Waals surface area contributed by atoms with Gasteiger partial charge in [-0.3, -0.25) is 14.9 Å². The van der Waals surface area contributed by atoms with Crippen LogP contribution in [0.2, 0.25) is 0 Å². The first kappa shape index (κ1) is 26.5. The Hall–Kier alpha value is -3.13. The van der Waals surface area contributed by atoms with Gasteiger partial charge in [-0.15, -0.1) is 0 Å². The maximum absolute atomic E-state index is 12.5. The minimum Gasteiger partial charge on any atom is -0.494 e. The first-order valence-electron chi connectivity index (χ1n) is 12.2. The van der Waals surface area contributed by atoms with Gasteiger partial charge >= 0.3 is 0 Å². The van der Waals surface area contributed by atoms with E-state index in [1.54, 1.807) is 24.3 Å². The molecular formula is C27H36N4O3S. The average molecular weight is 497 g/mol. The van der Waals surface area contributed by atoms with Crippen LogP contribution < -0.4 is 20.3 Å². The van der Waals surface area contributed by atoms with Crippen molar-refractivity contribution < 1.29 is 14.3 Å². The lowest BCUT2D eigenvalue weighted by molar-refractivity contribution is -0.139. The third-order valence-corrected chi connectivity index (χ3v) is 6.01. The molecule has 0 spiro atoms. The molecule has 0 saturated carbocycles. The third kappa shape index (κ3) is 7.68. The summed E-state index contributed by atoms with van der Waals surface area (Å²) in [6.07, 6.45) is 2.07. The van der Waals surface area contributed by atoms with Gasteiger partial charge in [0.05, 0.1) is 6.61 Å². The SMILES string of the molecule is CCCCOc1ccc(C(=O)NC(=S)Nc2ccc(N3CCN(C(=O)C(C)(C)C)CC3)cc2)cc1. The maximum Gasteiger partial charge on any atom is 0.257 e. The minimum absolute atomic E-state index is 0.198. The highest BCUT2D eigenvalue weighted by atomic mass is 32.1. The Balaban J connectivity index is 1.47. The van der Waals surface area contributed by atoms with Crippen molar-refractivity contribution in [3.8, 4) is 5.75 Å². The summed E-state index contributed by atoms with van der Waals surface area (Å²) in [5.74, 6) is 0.670. The highest BCUT2D eigenvalue weighted by molar-refractivity contribution is 7.80. The van der Waals surface area contributed by atoms with E-state index in [1.165, 1.54) is 0 Å². The van der Waals surface area contributed by atoms with E-state index < -0.39 is 0 Å². The minimum atomic E-state index is -0.352. The molecule has 2 N–H and O–H groups in total. The number of piperazine rings is 1. The zero-order chi connectivity index (χ0) is 25.4. The van der Waals surface area contributed by atoms with Crippen LogP contribution in [0.4, 0.5) is 11.4 Å². The third-order valence-electron chi connectivity index (χ3n) is 5.81. The van der Waals surface area contributed by atoms with Crippen LogP contribution in [0.3, 0.4) is 0 Å². The van der Waals surface area contributed by atoms with Crippen molar-refractivity contribution in [2.24, 2.45) is 5.41 Å². The van der Waals surface area contributed by atoms with Crippen molar-refractivity contribution in [2.75, 3.05) is 43.0 Å². The summed E-state index contributed by atoms with van der Waals surface area (Å²) >= 11 is 5.32. The van der Waals surface area contributed by atoms with Gasteiger partial charge in [0, 0.05) is 48.5 Å². The zero-order valence-electron chi connectivity index (χ0n) is 21.1. The van der Waals surface area contributed by atoms with Gasteiger partial charge in [-0.1, -0.05) is 34.1 Å². The van der Waals surface area contributed by atoms with Crippen LogP contribution >= 0.6 is 12.2 Å². The number of hydrogen-bond donors (Lipinski definition) is 2. The van der Waals surface area contributed by atoms with Crippen LogP contribution in [0, 0.1) is 5.41 Å². The summed E-state index contributed by atoms with van der Waals surface area (Å²) in [5, 5.41) is 6.01. The molecule has 0 aromatic heterocycles. The summed E-state index contributed by atoms with van der Waals surface area (Å²) in [5.41, 5.74) is 2.04. The van der Waals surface area contributed by atoms with E-state index >= 15 is 0 Å². The van der Waals surface area contributed by atoms with Gasteiger partial charge in [0.15, 0.2) is 5.11 Å². The quantitative estimate of drug-likeness (QED) is 0.428. The topological polar surface area (TPSA) is 73.9 Å². The fourth-order valence-electron chi connectivity index (χ4n) is 3.77. The molecule has 1 fully saturated rings. The lowest BCUT2D eigenvalue weighted by atomic mass is 9.94. The molecule has 8 heteroatoms. The monoisotopic (exact) mass is 496 g/mol. The number of ether oxygens (including phenoxy) is 1. The van der Waals surface area contributed by atoms with Gasteiger partial charge in [-0.2, -0.15) is 0 Å². The van der Waals surface area contributed by atoms with Crippen LogP contribution in [0.15, 0.2) is 48.5 Å². The van der Waals surface area contributed by atoms with E-state index in [9.17, 15) is 9.59 Å². The Morgan fingerprint density at radius 1 is 0.971 bits per heavy atom. The molecule has 35 heavy (non-hydrogen) atoms.